The lowest BCUT2D eigenvalue weighted by Crippen LogP contribution is -2.25. The third-order valence-corrected chi connectivity index (χ3v) is 6.78. The van der Waals surface area contributed by atoms with Crippen molar-refractivity contribution < 1.29 is 9.84 Å². The largest absolute Gasteiger partial charge is 0.506 e. The summed E-state index contributed by atoms with van der Waals surface area (Å²) < 4.78 is 7.70. The van der Waals surface area contributed by atoms with Crippen LogP contribution in [0.5, 0.6) is 5.75 Å². The molecular weight excluding hydrogens is 392 g/mol. The summed E-state index contributed by atoms with van der Waals surface area (Å²) in [5, 5.41) is 13.9. The molecule has 0 radical (unpaired) electrons. The Hall–Kier alpha value is -2.22. The molecule has 0 unspecified atom stereocenters. The van der Waals surface area contributed by atoms with E-state index in [9.17, 15) is 9.90 Å². The second-order valence-corrected chi connectivity index (χ2v) is 8.84. The topological polar surface area (TPSA) is 64.4 Å². The fourth-order valence-electron chi connectivity index (χ4n) is 3.43. The van der Waals surface area contributed by atoms with Gasteiger partial charge in [0.2, 0.25) is 0 Å². The monoisotopic (exact) mass is 414 g/mol. The molecule has 0 bridgehead atoms. The molecule has 4 rings (SSSR count). The Balaban J connectivity index is 1.96. The molecule has 1 aromatic carbocycles. The van der Waals surface area contributed by atoms with E-state index in [0.29, 0.717) is 22.6 Å². The van der Waals surface area contributed by atoms with E-state index in [4.69, 9.17) is 9.72 Å². The van der Waals surface area contributed by atoms with E-state index in [1.165, 1.54) is 11.3 Å². The highest BCUT2D eigenvalue weighted by Crippen LogP contribution is 2.38. The van der Waals surface area contributed by atoms with Gasteiger partial charge in [-0.1, -0.05) is 19.4 Å². The highest BCUT2D eigenvalue weighted by molar-refractivity contribution is 7.25. The van der Waals surface area contributed by atoms with Crippen molar-refractivity contribution in [2.75, 3.05) is 7.11 Å². The number of ether oxygens (including phenoxy) is 1. The van der Waals surface area contributed by atoms with Crippen LogP contribution in [-0.2, 0) is 24.3 Å². The first-order valence-electron chi connectivity index (χ1n) is 9.31. The van der Waals surface area contributed by atoms with E-state index in [-0.39, 0.29) is 17.9 Å². The molecule has 146 valence electrons. The van der Waals surface area contributed by atoms with Crippen molar-refractivity contribution in [2.24, 2.45) is 0 Å². The summed E-state index contributed by atoms with van der Waals surface area (Å²) in [6.45, 7) is 2.87. The summed E-state index contributed by atoms with van der Waals surface area (Å²) in [6, 6.07) is 7.84. The zero-order valence-electron chi connectivity index (χ0n) is 15.9. The minimum atomic E-state index is -0.0799. The maximum absolute atomic E-state index is 13.5. The van der Waals surface area contributed by atoms with Gasteiger partial charge in [-0.15, -0.1) is 22.7 Å². The summed E-state index contributed by atoms with van der Waals surface area (Å²) >= 11 is 2.98. The van der Waals surface area contributed by atoms with E-state index >= 15 is 0 Å². The van der Waals surface area contributed by atoms with E-state index in [1.54, 1.807) is 23.0 Å². The number of aryl methyl sites for hydroxylation is 1. The van der Waals surface area contributed by atoms with Gasteiger partial charge >= 0.3 is 0 Å². The summed E-state index contributed by atoms with van der Waals surface area (Å²) in [4.78, 5) is 19.9. The first-order valence-corrected chi connectivity index (χ1v) is 11.0. The van der Waals surface area contributed by atoms with Crippen LogP contribution < -0.4 is 5.56 Å². The molecule has 0 aliphatic heterocycles. The van der Waals surface area contributed by atoms with Gasteiger partial charge in [-0.05, 0) is 42.0 Å². The molecule has 0 aliphatic carbocycles. The number of aromatic hydroxyl groups is 1. The van der Waals surface area contributed by atoms with Gasteiger partial charge in [-0.2, -0.15) is 0 Å². The molecule has 1 N–H and O–H groups in total. The van der Waals surface area contributed by atoms with Crippen LogP contribution in [0.1, 0.15) is 36.0 Å². The zero-order chi connectivity index (χ0) is 19.7. The standard InChI is InChI=1S/C21H22N2O3S2/c1-3-4-6-13-9-15-18-20(28-19(15)16(24)10-13)22-17(12-26-2)23(21(18)25)11-14-7-5-8-27-14/h5,7-10,24H,3-4,6,11-12H2,1-2H3. The number of unbranched alkanes of at least 4 members (excludes halogenated alkanes) is 1. The van der Waals surface area contributed by atoms with Gasteiger partial charge in [-0.3, -0.25) is 9.36 Å². The van der Waals surface area contributed by atoms with Crippen LogP contribution in [0, 0.1) is 0 Å². The van der Waals surface area contributed by atoms with E-state index < -0.39 is 0 Å². The van der Waals surface area contributed by atoms with Gasteiger partial charge in [0.1, 0.15) is 23.0 Å². The number of hydrogen-bond acceptors (Lipinski definition) is 6. The molecule has 0 aliphatic rings. The number of methoxy groups -OCH3 is 1. The lowest BCUT2D eigenvalue weighted by molar-refractivity contribution is 0.173. The fraction of sp³-hybridized carbons (Fsp3) is 0.333. The maximum atomic E-state index is 13.5. The second-order valence-electron chi connectivity index (χ2n) is 6.81. The average Bonchev–Trinajstić information content (AvgIpc) is 3.31. The molecule has 3 aromatic heterocycles. The number of rotatable bonds is 7. The molecule has 0 saturated carbocycles. The first kappa shape index (κ1) is 19.1. The third-order valence-electron chi connectivity index (χ3n) is 4.80. The van der Waals surface area contributed by atoms with Gasteiger partial charge in [-0.25, -0.2) is 4.98 Å². The van der Waals surface area contributed by atoms with Crippen molar-refractivity contribution >= 4 is 43.0 Å². The van der Waals surface area contributed by atoms with Gasteiger partial charge in [0.15, 0.2) is 0 Å². The predicted molar refractivity (Wildman–Crippen MR) is 116 cm³/mol. The highest BCUT2D eigenvalue weighted by Gasteiger charge is 2.19. The Morgan fingerprint density at radius 2 is 2.18 bits per heavy atom. The van der Waals surface area contributed by atoms with Gasteiger partial charge < -0.3 is 9.84 Å². The zero-order valence-corrected chi connectivity index (χ0v) is 17.5. The number of hydrogen-bond donors (Lipinski definition) is 1. The number of benzene rings is 1. The van der Waals surface area contributed by atoms with Gasteiger partial charge in [0, 0.05) is 17.4 Å². The molecule has 0 amide bonds. The van der Waals surface area contributed by atoms with Crippen molar-refractivity contribution in [3.63, 3.8) is 0 Å². The number of aromatic nitrogens is 2. The Labute approximate surface area is 170 Å². The molecule has 0 fully saturated rings. The van der Waals surface area contributed by atoms with Crippen LogP contribution in [-0.4, -0.2) is 21.8 Å². The molecule has 3 heterocycles. The van der Waals surface area contributed by atoms with E-state index in [1.807, 2.05) is 29.6 Å². The molecule has 0 saturated heterocycles. The number of fused-ring (bicyclic) bond motifs is 3. The Morgan fingerprint density at radius 1 is 1.32 bits per heavy atom. The summed E-state index contributed by atoms with van der Waals surface area (Å²) in [7, 11) is 1.60. The van der Waals surface area contributed by atoms with Crippen LogP contribution in [0.2, 0.25) is 0 Å². The van der Waals surface area contributed by atoms with Gasteiger partial charge in [0.25, 0.3) is 5.56 Å². The van der Waals surface area contributed by atoms with E-state index in [0.717, 1.165) is 39.8 Å². The lowest BCUT2D eigenvalue weighted by Gasteiger charge is -2.11. The average molecular weight is 415 g/mol. The van der Waals surface area contributed by atoms with Crippen molar-refractivity contribution in [3.05, 3.63) is 56.3 Å². The smallest absolute Gasteiger partial charge is 0.263 e. The number of phenolic OH excluding ortho intramolecular Hbond substituents is 1. The number of phenols is 1. The van der Waals surface area contributed by atoms with Crippen LogP contribution in [0.25, 0.3) is 20.3 Å². The second kappa shape index (κ2) is 8.03. The molecule has 5 nitrogen and oxygen atoms in total. The molecular formula is C21H22N2O3S2. The summed E-state index contributed by atoms with van der Waals surface area (Å²) in [5.41, 5.74) is 0.973. The minimum Gasteiger partial charge on any atom is -0.506 e. The Bertz CT molecular complexity index is 1180. The third kappa shape index (κ3) is 3.45. The molecule has 0 spiro atoms. The molecule has 7 heteroatoms. The van der Waals surface area contributed by atoms with Crippen LogP contribution >= 0.6 is 22.7 Å². The summed E-state index contributed by atoms with van der Waals surface area (Å²) in [6.07, 6.45) is 3.01. The summed E-state index contributed by atoms with van der Waals surface area (Å²) in [5.74, 6) is 0.828. The van der Waals surface area contributed by atoms with Crippen molar-refractivity contribution in [1.82, 2.24) is 9.55 Å². The van der Waals surface area contributed by atoms with Crippen LogP contribution in [0.15, 0.2) is 34.4 Å². The molecule has 28 heavy (non-hydrogen) atoms. The van der Waals surface area contributed by atoms with Crippen molar-refractivity contribution in [2.45, 2.75) is 39.3 Å². The first-order chi connectivity index (χ1) is 13.6. The van der Waals surface area contributed by atoms with Gasteiger partial charge in [0.05, 0.1) is 16.6 Å². The molecule has 0 atom stereocenters. The normalized spacial score (nSPS) is 11.6. The van der Waals surface area contributed by atoms with Crippen LogP contribution in [0.4, 0.5) is 0 Å². The fourth-order valence-corrected chi connectivity index (χ4v) is 5.20. The van der Waals surface area contributed by atoms with Crippen molar-refractivity contribution in [1.29, 1.82) is 0 Å². The Kier molecular flexibility index (Phi) is 5.48. The maximum Gasteiger partial charge on any atom is 0.263 e. The SMILES string of the molecule is CCCCc1cc(O)c2sc3nc(COC)n(Cc4cccs4)c(=O)c3c2c1. The minimum absolute atomic E-state index is 0.0799. The van der Waals surface area contributed by atoms with E-state index in [2.05, 4.69) is 6.92 Å². The lowest BCUT2D eigenvalue weighted by atomic mass is 10.1. The molecule has 4 aromatic rings. The quantitative estimate of drug-likeness (QED) is 0.466. The Morgan fingerprint density at radius 3 is 2.89 bits per heavy atom. The van der Waals surface area contributed by atoms with Crippen LogP contribution in [0.3, 0.4) is 0 Å². The number of nitrogens with zero attached hydrogens (tertiary/aromatic N) is 2. The van der Waals surface area contributed by atoms with Crippen molar-refractivity contribution in [3.8, 4) is 5.75 Å². The highest BCUT2D eigenvalue weighted by atomic mass is 32.1. The predicted octanol–water partition coefficient (Wildman–Crippen LogP) is 4.92. The number of thiophene rings is 2.